The highest BCUT2D eigenvalue weighted by atomic mass is 16.5. The van der Waals surface area contributed by atoms with Gasteiger partial charge in [-0.15, -0.1) is 0 Å². The van der Waals surface area contributed by atoms with Gasteiger partial charge in [0, 0.05) is 0 Å². The van der Waals surface area contributed by atoms with Crippen molar-refractivity contribution in [3.63, 3.8) is 0 Å². The van der Waals surface area contributed by atoms with Gasteiger partial charge in [0.1, 0.15) is 0 Å². The zero-order valence-electron chi connectivity index (χ0n) is 10.3. The molecule has 1 aliphatic heterocycles. The van der Waals surface area contributed by atoms with Gasteiger partial charge in [0.25, 0.3) is 0 Å². The molecular formula is C12H21N3O. The lowest BCUT2D eigenvalue weighted by Crippen LogP contribution is -2.30. The minimum absolute atomic E-state index is 0.263. The molecule has 4 nitrogen and oxygen atoms in total. The maximum absolute atomic E-state index is 5.25. The second-order valence-corrected chi connectivity index (χ2v) is 4.66. The van der Waals surface area contributed by atoms with E-state index in [2.05, 4.69) is 22.0 Å². The van der Waals surface area contributed by atoms with Crippen molar-refractivity contribution in [2.45, 2.75) is 52.0 Å². The number of hydrogen-bond acceptors (Lipinski definition) is 4. The monoisotopic (exact) mass is 223 g/mol. The maximum atomic E-state index is 5.25. The molecule has 4 heteroatoms. The van der Waals surface area contributed by atoms with Crippen molar-refractivity contribution in [1.29, 1.82) is 0 Å². The second kappa shape index (κ2) is 5.43. The zero-order chi connectivity index (χ0) is 11.4. The second-order valence-electron chi connectivity index (χ2n) is 4.66. The van der Waals surface area contributed by atoms with Gasteiger partial charge >= 0.3 is 0 Å². The molecule has 0 aliphatic carbocycles. The first-order valence-corrected chi connectivity index (χ1v) is 6.31. The third-order valence-corrected chi connectivity index (χ3v) is 3.34. The fourth-order valence-corrected chi connectivity index (χ4v) is 2.30. The van der Waals surface area contributed by atoms with Gasteiger partial charge in [0.05, 0.1) is 6.04 Å². The molecule has 0 saturated carbocycles. The Morgan fingerprint density at radius 2 is 1.75 bits per heavy atom. The van der Waals surface area contributed by atoms with E-state index in [-0.39, 0.29) is 6.04 Å². The van der Waals surface area contributed by atoms with Crippen LogP contribution < -0.4 is 0 Å². The Morgan fingerprint density at radius 1 is 1.12 bits per heavy atom. The third kappa shape index (κ3) is 2.82. The molecule has 1 aromatic heterocycles. The Labute approximate surface area is 97.0 Å². The largest absolute Gasteiger partial charge is 0.338 e. The predicted octanol–water partition coefficient (Wildman–Crippen LogP) is 2.71. The summed E-state index contributed by atoms with van der Waals surface area (Å²) in [6.45, 7) is 6.34. The fraction of sp³-hybridized carbons (Fsp3) is 0.833. The van der Waals surface area contributed by atoms with Crippen LogP contribution in [0.2, 0.25) is 0 Å². The lowest BCUT2D eigenvalue weighted by Gasteiger charge is -2.28. The number of likely N-dealkylation sites (tertiary alicyclic amines) is 1. The standard InChI is InChI=1S/C12H21N3O/c1-10(12-13-11(2)14-16-12)15-8-6-4-3-5-7-9-15/h10H,3-9H2,1-2H3/t10-/m1/s1. The highest BCUT2D eigenvalue weighted by Gasteiger charge is 2.21. The Balaban J connectivity index is 1.98. The molecule has 0 N–H and O–H groups in total. The summed E-state index contributed by atoms with van der Waals surface area (Å²) < 4.78 is 5.25. The van der Waals surface area contributed by atoms with Crippen LogP contribution in [-0.2, 0) is 0 Å². The van der Waals surface area contributed by atoms with Crippen LogP contribution in [0.4, 0.5) is 0 Å². The average molecular weight is 223 g/mol. The summed E-state index contributed by atoms with van der Waals surface area (Å²) in [5.74, 6) is 1.49. The molecule has 0 amide bonds. The fourth-order valence-electron chi connectivity index (χ4n) is 2.30. The van der Waals surface area contributed by atoms with Crippen molar-refractivity contribution in [2.24, 2.45) is 0 Å². The summed E-state index contributed by atoms with van der Waals surface area (Å²) in [6.07, 6.45) is 6.68. The third-order valence-electron chi connectivity index (χ3n) is 3.34. The molecule has 0 radical (unpaired) electrons. The lowest BCUT2D eigenvalue weighted by atomic mass is 10.1. The molecule has 0 unspecified atom stereocenters. The molecule has 16 heavy (non-hydrogen) atoms. The normalized spacial score (nSPS) is 21.4. The summed E-state index contributed by atoms with van der Waals surface area (Å²) in [6, 6.07) is 0.263. The van der Waals surface area contributed by atoms with Crippen molar-refractivity contribution in [3.05, 3.63) is 11.7 Å². The Hall–Kier alpha value is -0.900. The van der Waals surface area contributed by atoms with Crippen molar-refractivity contribution in [2.75, 3.05) is 13.1 Å². The van der Waals surface area contributed by atoms with E-state index in [1.807, 2.05) is 6.92 Å². The Kier molecular flexibility index (Phi) is 3.93. The van der Waals surface area contributed by atoms with E-state index in [1.165, 1.54) is 32.1 Å². The smallest absolute Gasteiger partial charge is 0.243 e. The van der Waals surface area contributed by atoms with Crippen LogP contribution in [-0.4, -0.2) is 28.1 Å². The van der Waals surface area contributed by atoms with E-state index in [9.17, 15) is 0 Å². The quantitative estimate of drug-likeness (QED) is 0.773. The van der Waals surface area contributed by atoms with Gasteiger partial charge in [-0.2, -0.15) is 4.98 Å². The Bertz CT molecular complexity index is 316. The maximum Gasteiger partial charge on any atom is 0.243 e. The molecule has 0 bridgehead atoms. The summed E-state index contributed by atoms with van der Waals surface area (Å²) in [4.78, 5) is 6.78. The van der Waals surface area contributed by atoms with Crippen molar-refractivity contribution < 1.29 is 4.52 Å². The molecule has 1 atom stereocenters. The Morgan fingerprint density at radius 3 is 2.31 bits per heavy atom. The molecule has 1 aliphatic rings. The average Bonchev–Trinajstić information content (AvgIpc) is 2.63. The minimum atomic E-state index is 0.263. The van der Waals surface area contributed by atoms with Crippen LogP contribution in [0.15, 0.2) is 4.52 Å². The van der Waals surface area contributed by atoms with Crippen LogP contribution in [0.25, 0.3) is 0 Å². The van der Waals surface area contributed by atoms with E-state index in [1.54, 1.807) is 0 Å². The summed E-state index contributed by atoms with van der Waals surface area (Å²) >= 11 is 0. The molecule has 1 fully saturated rings. The van der Waals surface area contributed by atoms with Gasteiger partial charge in [0.2, 0.25) is 5.89 Å². The van der Waals surface area contributed by atoms with Crippen LogP contribution in [0, 0.1) is 6.92 Å². The van der Waals surface area contributed by atoms with Gasteiger partial charge < -0.3 is 4.52 Å². The molecule has 90 valence electrons. The van der Waals surface area contributed by atoms with Crippen molar-refractivity contribution in [1.82, 2.24) is 15.0 Å². The van der Waals surface area contributed by atoms with Gasteiger partial charge in [-0.3, -0.25) is 4.90 Å². The molecule has 0 aromatic carbocycles. The minimum Gasteiger partial charge on any atom is -0.338 e. The van der Waals surface area contributed by atoms with Crippen LogP contribution in [0.3, 0.4) is 0 Å². The summed E-state index contributed by atoms with van der Waals surface area (Å²) in [7, 11) is 0. The van der Waals surface area contributed by atoms with Crippen LogP contribution in [0.5, 0.6) is 0 Å². The van der Waals surface area contributed by atoms with E-state index >= 15 is 0 Å². The van der Waals surface area contributed by atoms with E-state index in [4.69, 9.17) is 4.52 Å². The highest BCUT2D eigenvalue weighted by molar-refractivity contribution is 4.90. The number of hydrogen-bond donors (Lipinski definition) is 0. The summed E-state index contributed by atoms with van der Waals surface area (Å²) in [5, 5.41) is 3.86. The van der Waals surface area contributed by atoms with Gasteiger partial charge in [-0.25, -0.2) is 0 Å². The van der Waals surface area contributed by atoms with Crippen LogP contribution in [0.1, 0.15) is 56.8 Å². The molecule has 2 rings (SSSR count). The van der Waals surface area contributed by atoms with E-state index < -0.39 is 0 Å². The van der Waals surface area contributed by atoms with Crippen molar-refractivity contribution >= 4 is 0 Å². The van der Waals surface area contributed by atoms with Crippen molar-refractivity contribution in [3.8, 4) is 0 Å². The molecule has 2 heterocycles. The predicted molar refractivity (Wildman–Crippen MR) is 62.1 cm³/mol. The first-order valence-electron chi connectivity index (χ1n) is 6.31. The van der Waals surface area contributed by atoms with E-state index in [0.29, 0.717) is 0 Å². The topological polar surface area (TPSA) is 42.2 Å². The SMILES string of the molecule is Cc1noc([C@@H](C)N2CCCCCCC2)n1. The highest BCUT2D eigenvalue weighted by Crippen LogP contribution is 2.21. The number of nitrogens with zero attached hydrogens (tertiary/aromatic N) is 3. The summed E-state index contributed by atoms with van der Waals surface area (Å²) in [5.41, 5.74) is 0. The zero-order valence-corrected chi connectivity index (χ0v) is 10.3. The number of rotatable bonds is 2. The van der Waals surface area contributed by atoms with Gasteiger partial charge in [0.15, 0.2) is 5.82 Å². The number of aryl methyl sites for hydroxylation is 1. The first-order chi connectivity index (χ1) is 7.77. The van der Waals surface area contributed by atoms with Gasteiger partial charge in [-0.1, -0.05) is 24.4 Å². The molecule has 1 aromatic rings. The molecule has 0 spiro atoms. The lowest BCUT2D eigenvalue weighted by molar-refractivity contribution is 0.159. The molecule has 1 saturated heterocycles. The first kappa shape index (κ1) is 11.6. The number of aromatic nitrogens is 2. The molecular weight excluding hydrogens is 202 g/mol. The van der Waals surface area contributed by atoms with Gasteiger partial charge in [-0.05, 0) is 39.8 Å². The van der Waals surface area contributed by atoms with E-state index in [0.717, 1.165) is 24.8 Å². The van der Waals surface area contributed by atoms with Crippen LogP contribution >= 0.6 is 0 Å².